The van der Waals surface area contributed by atoms with Gasteiger partial charge in [0.15, 0.2) is 5.82 Å². The van der Waals surface area contributed by atoms with Crippen molar-refractivity contribution < 1.29 is 0 Å². The lowest BCUT2D eigenvalue weighted by atomic mass is 10.1. The fourth-order valence-corrected chi connectivity index (χ4v) is 2.44. The van der Waals surface area contributed by atoms with E-state index >= 15 is 0 Å². The molecule has 0 amide bonds. The van der Waals surface area contributed by atoms with Gasteiger partial charge in [-0.1, -0.05) is 12.7 Å². The Hall–Kier alpha value is -3.36. The van der Waals surface area contributed by atoms with Crippen molar-refractivity contribution in [2.75, 3.05) is 26.5 Å². The van der Waals surface area contributed by atoms with Crippen molar-refractivity contribution in [1.29, 1.82) is 0 Å². The second-order valence-corrected chi connectivity index (χ2v) is 6.21. The quantitative estimate of drug-likeness (QED) is 0.381. The van der Waals surface area contributed by atoms with E-state index in [-0.39, 0.29) is 0 Å². The van der Waals surface area contributed by atoms with Crippen LogP contribution in [0.3, 0.4) is 0 Å². The molecule has 1 aliphatic heterocycles. The molecule has 0 radical (unpaired) electrons. The van der Waals surface area contributed by atoms with E-state index < -0.39 is 0 Å². The van der Waals surface area contributed by atoms with Crippen molar-refractivity contribution in [1.82, 2.24) is 31.0 Å². The highest BCUT2D eigenvalue weighted by Crippen LogP contribution is 2.12. The van der Waals surface area contributed by atoms with Gasteiger partial charge in [-0.15, -0.1) is 0 Å². The molecule has 1 aromatic heterocycles. The molecule has 0 unspecified atom stereocenters. The van der Waals surface area contributed by atoms with E-state index in [1.807, 2.05) is 40.3 Å². The monoisotopic (exact) mass is 383 g/mol. The third kappa shape index (κ3) is 6.42. The Kier molecular flexibility index (Phi) is 8.01. The maximum absolute atomic E-state index is 4.49. The van der Waals surface area contributed by atoms with E-state index in [0.717, 1.165) is 41.5 Å². The lowest BCUT2D eigenvalue weighted by Crippen LogP contribution is -2.23. The lowest BCUT2D eigenvalue weighted by molar-refractivity contribution is 0.339. The highest BCUT2D eigenvalue weighted by molar-refractivity contribution is 5.91. The maximum atomic E-state index is 4.49. The van der Waals surface area contributed by atoms with Crippen LogP contribution in [0.4, 0.5) is 5.82 Å². The van der Waals surface area contributed by atoms with Crippen LogP contribution in [0.15, 0.2) is 58.3 Å². The Balaban J connectivity index is 1.96. The lowest BCUT2D eigenvalue weighted by Gasteiger charge is -2.14. The maximum Gasteiger partial charge on any atom is 0.151 e. The van der Waals surface area contributed by atoms with Crippen molar-refractivity contribution in [3.63, 3.8) is 0 Å². The highest BCUT2D eigenvalue weighted by Gasteiger charge is 2.12. The van der Waals surface area contributed by atoms with Gasteiger partial charge in [0, 0.05) is 50.7 Å². The Morgan fingerprint density at radius 2 is 2.18 bits per heavy atom. The van der Waals surface area contributed by atoms with Gasteiger partial charge in [0.2, 0.25) is 0 Å². The van der Waals surface area contributed by atoms with Gasteiger partial charge >= 0.3 is 0 Å². The molecular weight excluding hydrogens is 354 g/mol. The van der Waals surface area contributed by atoms with Gasteiger partial charge < -0.3 is 16.0 Å². The van der Waals surface area contributed by atoms with E-state index in [1.165, 1.54) is 0 Å². The van der Waals surface area contributed by atoms with E-state index in [4.69, 9.17) is 0 Å². The molecule has 28 heavy (non-hydrogen) atoms. The zero-order valence-electron chi connectivity index (χ0n) is 17.0. The minimum absolute atomic E-state index is 0.491. The van der Waals surface area contributed by atoms with Crippen LogP contribution in [0.1, 0.15) is 25.6 Å². The average molecular weight is 384 g/mol. The van der Waals surface area contributed by atoms with Crippen molar-refractivity contribution in [3.8, 4) is 0 Å². The van der Waals surface area contributed by atoms with Crippen molar-refractivity contribution in [3.05, 3.63) is 53.9 Å². The molecule has 0 fully saturated rings. The minimum atomic E-state index is 0.491. The van der Waals surface area contributed by atoms with Gasteiger partial charge in [-0.05, 0) is 25.6 Å². The number of rotatable bonds is 9. The van der Waals surface area contributed by atoms with Crippen LogP contribution in [-0.4, -0.2) is 48.2 Å². The van der Waals surface area contributed by atoms with Crippen LogP contribution in [-0.2, 0) is 6.54 Å². The zero-order valence-corrected chi connectivity index (χ0v) is 17.0. The van der Waals surface area contributed by atoms with E-state index in [2.05, 4.69) is 54.2 Å². The molecule has 9 nitrogen and oxygen atoms in total. The summed E-state index contributed by atoms with van der Waals surface area (Å²) in [6.45, 7) is 6.56. The van der Waals surface area contributed by atoms with Gasteiger partial charge in [0.1, 0.15) is 11.7 Å². The van der Waals surface area contributed by atoms with Gasteiger partial charge in [0.25, 0.3) is 0 Å². The predicted molar refractivity (Wildman–Crippen MR) is 115 cm³/mol. The first-order chi connectivity index (χ1) is 13.5. The topological polar surface area (TPSA) is 102 Å². The Morgan fingerprint density at radius 1 is 1.36 bits per heavy atom. The number of hydrogen-bond acceptors (Lipinski definition) is 9. The predicted octanol–water partition coefficient (Wildman–Crippen LogP) is 1.74. The normalized spacial score (nSPS) is 14.6. The van der Waals surface area contributed by atoms with Gasteiger partial charge in [-0.2, -0.15) is 10.2 Å². The van der Waals surface area contributed by atoms with Crippen LogP contribution in [0.25, 0.3) is 0 Å². The molecule has 0 aliphatic carbocycles. The Morgan fingerprint density at radius 3 is 2.93 bits per heavy atom. The van der Waals surface area contributed by atoms with Gasteiger partial charge in [-0.25, -0.2) is 9.97 Å². The summed E-state index contributed by atoms with van der Waals surface area (Å²) in [6.07, 6.45) is 9.11. The van der Waals surface area contributed by atoms with Crippen LogP contribution < -0.4 is 21.4 Å². The molecular formula is C19H29N9. The Labute approximate surface area is 166 Å². The SMILES string of the molecule is C=C1NC(CC/C=C\NC)=NNC(C)=C1/C=N\N(C)Cc1nccc(NC)n1. The van der Waals surface area contributed by atoms with Crippen LogP contribution in [0.5, 0.6) is 0 Å². The third-order valence-corrected chi connectivity index (χ3v) is 3.93. The first kappa shape index (κ1) is 20.9. The molecule has 0 saturated heterocycles. The summed E-state index contributed by atoms with van der Waals surface area (Å²) >= 11 is 0. The number of amidine groups is 1. The average Bonchev–Trinajstić information content (AvgIpc) is 2.82. The van der Waals surface area contributed by atoms with E-state index in [1.54, 1.807) is 17.4 Å². The number of hydrogen-bond donors (Lipinski definition) is 4. The Bertz CT molecular complexity index is 792. The molecule has 1 aliphatic rings. The first-order valence-electron chi connectivity index (χ1n) is 9.10. The first-order valence-corrected chi connectivity index (χ1v) is 9.10. The standard InChI is InChI=1S/C19H29N9/c1-14-16(15(2)26-27-18(24-14)8-6-7-10-20-3)12-23-28(5)13-19-22-11-9-17(21-4)25-19/h7,9-12,20,26H,1,6,8,13H2,2-5H3,(H,24,27)(H,21,22,25)/b10-7-,23-12-. The summed E-state index contributed by atoms with van der Waals surface area (Å²) in [5.41, 5.74) is 5.56. The fourth-order valence-electron chi connectivity index (χ4n) is 2.44. The third-order valence-electron chi connectivity index (χ3n) is 3.93. The molecule has 0 spiro atoms. The zero-order chi connectivity index (χ0) is 20.4. The number of allylic oxidation sites excluding steroid dienone is 3. The number of anilines is 1. The summed E-state index contributed by atoms with van der Waals surface area (Å²) in [5.74, 6) is 2.30. The molecule has 0 saturated carbocycles. The summed E-state index contributed by atoms with van der Waals surface area (Å²) in [4.78, 5) is 8.67. The van der Waals surface area contributed by atoms with Gasteiger partial charge in [0.05, 0.1) is 12.8 Å². The summed E-state index contributed by atoms with van der Waals surface area (Å²) < 4.78 is 0. The van der Waals surface area contributed by atoms with Crippen LogP contribution in [0, 0.1) is 0 Å². The highest BCUT2D eigenvalue weighted by atomic mass is 15.4. The number of nitrogens with zero attached hydrogens (tertiary/aromatic N) is 5. The molecule has 150 valence electrons. The minimum Gasteiger partial charge on any atom is -0.394 e. The van der Waals surface area contributed by atoms with Gasteiger partial charge in [-0.3, -0.25) is 10.4 Å². The smallest absolute Gasteiger partial charge is 0.151 e. The summed E-state index contributed by atoms with van der Waals surface area (Å²) in [6, 6.07) is 1.82. The van der Waals surface area contributed by atoms with E-state index in [0.29, 0.717) is 12.4 Å². The molecule has 9 heteroatoms. The molecule has 2 heterocycles. The molecule has 0 bridgehead atoms. The van der Waals surface area contributed by atoms with Crippen LogP contribution in [0.2, 0.25) is 0 Å². The summed E-state index contributed by atoms with van der Waals surface area (Å²) in [5, 5.41) is 19.9. The van der Waals surface area contributed by atoms with Crippen molar-refractivity contribution in [2.24, 2.45) is 10.2 Å². The summed E-state index contributed by atoms with van der Waals surface area (Å²) in [7, 11) is 5.58. The molecule has 0 atom stereocenters. The fraction of sp³-hybridized carbons (Fsp3) is 0.368. The van der Waals surface area contributed by atoms with E-state index in [9.17, 15) is 0 Å². The molecule has 4 N–H and O–H groups in total. The molecule has 2 rings (SSSR count). The molecule has 0 aromatic carbocycles. The van der Waals surface area contributed by atoms with Crippen molar-refractivity contribution in [2.45, 2.75) is 26.3 Å². The second-order valence-electron chi connectivity index (χ2n) is 6.21. The molecule has 1 aromatic rings. The number of aromatic nitrogens is 2. The van der Waals surface area contributed by atoms with Crippen molar-refractivity contribution >= 4 is 17.9 Å². The largest absolute Gasteiger partial charge is 0.394 e. The number of hydrazone groups is 2. The van der Waals surface area contributed by atoms with Crippen LogP contribution >= 0.6 is 0 Å². The number of nitrogens with one attached hydrogen (secondary N) is 4. The second kappa shape index (κ2) is 10.7.